The van der Waals surface area contributed by atoms with E-state index in [4.69, 9.17) is 15.3 Å². The van der Waals surface area contributed by atoms with Crippen LogP contribution in [0.5, 0.6) is 0 Å². The molecule has 0 saturated carbocycles. The summed E-state index contributed by atoms with van der Waals surface area (Å²) in [5, 5.41) is 17.3. The predicted molar refractivity (Wildman–Crippen MR) is 131 cm³/mol. The van der Waals surface area contributed by atoms with Gasteiger partial charge in [0.1, 0.15) is 36.0 Å². The first-order chi connectivity index (χ1) is 17.3. The summed E-state index contributed by atoms with van der Waals surface area (Å²) in [6, 6.07) is 8.20. The van der Waals surface area contributed by atoms with Crippen LogP contribution in [0, 0.1) is 0 Å². The molecule has 3 heterocycles. The Bertz CT molecular complexity index is 1260. The third-order valence-electron chi connectivity index (χ3n) is 5.20. The highest BCUT2D eigenvalue weighted by molar-refractivity contribution is 8.00. The highest BCUT2D eigenvalue weighted by atomic mass is 32.2. The van der Waals surface area contributed by atoms with Gasteiger partial charge in [-0.05, 0) is 5.56 Å². The van der Waals surface area contributed by atoms with Crippen LogP contribution in [-0.2, 0) is 35.4 Å². The number of fused-ring (bicyclic) bond motifs is 1. The molecular weight excluding hydrogens is 510 g/mol. The third-order valence-corrected chi connectivity index (χ3v) is 7.21. The fraction of sp³-hybridized carbons (Fsp3) is 0.273. The Morgan fingerprint density at radius 2 is 2.03 bits per heavy atom. The summed E-state index contributed by atoms with van der Waals surface area (Å²) < 4.78 is 4.92. The van der Waals surface area contributed by atoms with E-state index in [0.717, 1.165) is 21.8 Å². The van der Waals surface area contributed by atoms with Gasteiger partial charge < -0.3 is 25.7 Å². The van der Waals surface area contributed by atoms with Crippen molar-refractivity contribution in [1.29, 1.82) is 0 Å². The molecule has 0 unspecified atom stereocenters. The van der Waals surface area contributed by atoms with Crippen molar-refractivity contribution in [2.75, 3.05) is 18.1 Å². The van der Waals surface area contributed by atoms with Gasteiger partial charge in [0.15, 0.2) is 10.8 Å². The molecule has 1 aromatic heterocycles. The topological polar surface area (TPSA) is 174 Å². The van der Waals surface area contributed by atoms with Crippen molar-refractivity contribution in [1.82, 2.24) is 15.2 Å². The summed E-state index contributed by atoms with van der Waals surface area (Å²) >= 11 is 2.36. The number of nitrogens with one attached hydrogen (secondary N) is 1. The van der Waals surface area contributed by atoms with E-state index in [1.165, 1.54) is 24.1 Å². The van der Waals surface area contributed by atoms with Crippen molar-refractivity contribution in [3.8, 4) is 0 Å². The van der Waals surface area contributed by atoms with Crippen molar-refractivity contribution >= 4 is 57.7 Å². The standard InChI is InChI=1S/C22H21N5O7S2/c1-11(28)33-8-13-9-35-20-16(19(30)27(20)17(13)21(31)32)25-18(29)15(14-10-36-22(23)24-14)26-34-7-12-5-3-2-4-6-12/h2-6,10,16,20H,7-9H2,1H3,(H2,23,24)(H,25,29)(H,31,32)/b26-15-/t16-,20-/m1/s1. The molecule has 2 aromatic rings. The second-order valence-electron chi connectivity index (χ2n) is 7.67. The molecule has 0 radical (unpaired) electrons. The molecule has 14 heteroatoms. The molecular formula is C22H21N5O7S2. The molecule has 4 N–H and O–H groups in total. The van der Waals surface area contributed by atoms with E-state index in [9.17, 15) is 24.3 Å². The Hall–Kier alpha value is -3.91. The minimum Gasteiger partial charge on any atom is -0.477 e. The first-order valence-corrected chi connectivity index (χ1v) is 12.5. The molecule has 0 aliphatic carbocycles. The largest absolute Gasteiger partial charge is 0.477 e. The van der Waals surface area contributed by atoms with Crippen LogP contribution in [0.25, 0.3) is 0 Å². The fourth-order valence-electron chi connectivity index (χ4n) is 3.54. The third kappa shape index (κ3) is 5.33. The molecule has 1 fully saturated rings. The van der Waals surface area contributed by atoms with E-state index in [-0.39, 0.29) is 41.2 Å². The lowest BCUT2D eigenvalue weighted by molar-refractivity contribution is -0.150. The van der Waals surface area contributed by atoms with Crippen LogP contribution in [0.3, 0.4) is 0 Å². The van der Waals surface area contributed by atoms with Crippen LogP contribution in [0.15, 0.2) is 52.1 Å². The Morgan fingerprint density at radius 1 is 1.28 bits per heavy atom. The second kappa shape index (κ2) is 10.8. The Kier molecular flexibility index (Phi) is 7.55. The quantitative estimate of drug-likeness (QED) is 0.183. The number of carboxylic acids is 1. The molecule has 0 spiro atoms. The number of amides is 2. The molecule has 0 bridgehead atoms. The zero-order valence-corrected chi connectivity index (χ0v) is 20.5. The lowest BCUT2D eigenvalue weighted by atomic mass is 10.0. The van der Waals surface area contributed by atoms with Crippen molar-refractivity contribution in [2.45, 2.75) is 24.9 Å². The number of carboxylic acid groups (broad SMARTS) is 1. The molecule has 36 heavy (non-hydrogen) atoms. The molecule has 4 rings (SSSR count). The molecule has 2 aliphatic heterocycles. The van der Waals surface area contributed by atoms with Crippen molar-refractivity contribution < 1.29 is 33.9 Å². The number of nitrogen functional groups attached to an aromatic ring is 1. The molecule has 2 amide bonds. The normalized spacial score (nSPS) is 19.3. The molecule has 1 aromatic carbocycles. The van der Waals surface area contributed by atoms with Crippen LogP contribution >= 0.6 is 23.1 Å². The number of benzene rings is 1. The van der Waals surface area contributed by atoms with Gasteiger partial charge in [0.05, 0.1) is 0 Å². The summed E-state index contributed by atoms with van der Waals surface area (Å²) in [4.78, 5) is 59.5. The van der Waals surface area contributed by atoms with Gasteiger partial charge in [0.25, 0.3) is 11.8 Å². The van der Waals surface area contributed by atoms with Gasteiger partial charge >= 0.3 is 11.9 Å². The van der Waals surface area contributed by atoms with Gasteiger partial charge in [-0.15, -0.1) is 23.1 Å². The number of β-lactam (4-membered cyclic amide) rings is 1. The summed E-state index contributed by atoms with van der Waals surface area (Å²) in [6.45, 7) is 1.07. The number of ether oxygens (including phenoxy) is 1. The number of thioether (sulfide) groups is 1. The molecule has 188 valence electrons. The molecule has 12 nitrogen and oxygen atoms in total. The van der Waals surface area contributed by atoms with E-state index in [1.807, 2.05) is 30.3 Å². The number of hydrogen-bond acceptors (Lipinski definition) is 11. The second-order valence-corrected chi connectivity index (χ2v) is 9.66. The number of nitrogens with two attached hydrogens (primary N) is 1. The summed E-state index contributed by atoms with van der Waals surface area (Å²) in [7, 11) is 0. The Labute approximate surface area is 213 Å². The van der Waals surface area contributed by atoms with E-state index in [0.29, 0.717) is 5.57 Å². The number of esters is 1. The molecule has 2 atom stereocenters. The van der Waals surface area contributed by atoms with E-state index in [1.54, 1.807) is 0 Å². The van der Waals surface area contributed by atoms with Crippen molar-refractivity contribution in [3.63, 3.8) is 0 Å². The van der Waals surface area contributed by atoms with Crippen LogP contribution in [0.4, 0.5) is 5.13 Å². The van der Waals surface area contributed by atoms with Gasteiger partial charge in [-0.3, -0.25) is 19.3 Å². The number of carbonyl (C=O) groups excluding carboxylic acids is 3. The average molecular weight is 532 g/mol. The number of oxime groups is 1. The maximum absolute atomic E-state index is 13.1. The fourth-order valence-corrected chi connectivity index (χ4v) is 5.41. The van der Waals surface area contributed by atoms with Crippen molar-refractivity contribution in [3.05, 3.63) is 58.2 Å². The number of thiazole rings is 1. The summed E-state index contributed by atoms with van der Waals surface area (Å²) in [5.74, 6) is -3.02. The number of carbonyl (C=O) groups is 4. The number of hydrogen-bond donors (Lipinski definition) is 3. The lowest BCUT2D eigenvalue weighted by Crippen LogP contribution is -2.71. The van der Waals surface area contributed by atoms with Crippen LogP contribution in [0.2, 0.25) is 0 Å². The highest BCUT2D eigenvalue weighted by Gasteiger charge is 2.54. The summed E-state index contributed by atoms with van der Waals surface area (Å²) in [5.41, 5.74) is 6.60. The Morgan fingerprint density at radius 3 is 2.67 bits per heavy atom. The van der Waals surface area contributed by atoms with Crippen molar-refractivity contribution in [2.24, 2.45) is 5.16 Å². The minimum absolute atomic E-state index is 0.101. The lowest BCUT2D eigenvalue weighted by Gasteiger charge is -2.49. The molecule has 2 aliphatic rings. The maximum Gasteiger partial charge on any atom is 0.352 e. The van der Waals surface area contributed by atoms with Gasteiger partial charge in [-0.2, -0.15) is 0 Å². The monoisotopic (exact) mass is 531 g/mol. The van der Waals surface area contributed by atoms with Gasteiger partial charge in [0.2, 0.25) is 0 Å². The molecule has 1 saturated heterocycles. The minimum atomic E-state index is -1.32. The van der Waals surface area contributed by atoms with Gasteiger partial charge in [-0.25, -0.2) is 9.78 Å². The maximum atomic E-state index is 13.1. The van der Waals surface area contributed by atoms with Crippen LogP contribution < -0.4 is 11.1 Å². The zero-order valence-electron chi connectivity index (χ0n) is 18.9. The first-order valence-electron chi connectivity index (χ1n) is 10.6. The zero-order chi connectivity index (χ0) is 25.8. The van der Waals surface area contributed by atoms with Gasteiger partial charge in [-0.1, -0.05) is 35.5 Å². The number of anilines is 1. The van der Waals surface area contributed by atoms with Crippen LogP contribution in [0.1, 0.15) is 18.2 Å². The summed E-state index contributed by atoms with van der Waals surface area (Å²) in [6.07, 6.45) is 0. The van der Waals surface area contributed by atoms with E-state index >= 15 is 0 Å². The smallest absolute Gasteiger partial charge is 0.352 e. The first kappa shape index (κ1) is 25.2. The number of aliphatic carboxylic acids is 1. The highest BCUT2D eigenvalue weighted by Crippen LogP contribution is 2.40. The van der Waals surface area contributed by atoms with E-state index < -0.39 is 35.2 Å². The predicted octanol–water partition coefficient (Wildman–Crippen LogP) is 0.948. The van der Waals surface area contributed by atoms with E-state index in [2.05, 4.69) is 15.5 Å². The van der Waals surface area contributed by atoms with Crippen LogP contribution in [-0.4, -0.2) is 68.2 Å². The number of nitrogens with zero attached hydrogens (tertiary/aromatic N) is 3. The number of rotatable bonds is 9. The number of aromatic nitrogens is 1. The average Bonchev–Trinajstić information content (AvgIpc) is 3.29. The SMILES string of the molecule is CC(=O)OCC1=C(C(=O)O)N2C(=O)[C@@H](NC(=O)/C(=N\OCc3ccccc3)c3csc(N)n3)[C@H]2SC1. The van der Waals surface area contributed by atoms with Gasteiger partial charge in [0, 0.05) is 23.6 Å². The Balaban J connectivity index is 1.50.